The molecule has 8 heteroatoms. The number of hydrogen-bond acceptors (Lipinski definition) is 4. The summed E-state index contributed by atoms with van der Waals surface area (Å²) < 4.78 is 30.4. The molecule has 4 nitrogen and oxygen atoms in total. The zero-order chi connectivity index (χ0) is 21.1. The van der Waals surface area contributed by atoms with Gasteiger partial charge in [-0.15, -0.1) is 0 Å². The number of alkyl halides is 6. The Labute approximate surface area is 193 Å². The monoisotopic (exact) mass is 634 g/mol. The molecule has 0 spiro atoms. The van der Waals surface area contributed by atoms with Crippen molar-refractivity contribution in [3.05, 3.63) is 34.7 Å². The second kappa shape index (κ2) is 10.0. The summed E-state index contributed by atoms with van der Waals surface area (Å²) in [5.41, 5.74) is 0.226. The zero-order valence-electron chi connectivity index (χ0n) is 17.1. The first-order valence-corrected chi connectivity index (χ1v) is 16.2. The van der Waals surface area contributed by atoms with Gasteiger partial charge in [0, 0.05) is 0 Å². The fraction of sp³-hybridized carbons (Fsp3) is 0.714. The van der Waals surface area contributed by atoms with Crippen LogP contribution < -0.4 is 4.74 Å². The van der Waals surface area contributed by atoms with Gasteiger partial charge in [0.25, 0.3) is 0 Å². The summed E-state index contributed by atoms with van der Waals surface area (Å²) in [4.78, 5) is 17.1. The Morgan fingerprint density at radius 2 is 2.10 bits per heavy atom. The Bertz CT molecular complexity index is 696. The van der Waals surface area contributed by atoms with Crippen LogP contribution in [0.25, 0.3) is 0 Å². The summed E-state index contributed by atoms with van der Waals surface area (Å²) in [5.74, 6) is 0.0360. The van der Waals surface area contributed by atoms with E-state index in [4.69, 9.17) is 4.74 Å². The van der Waals surface area contributed by atoms with Gasteiger partial charge in [-0.25, -0.2) is 0 Å². The van der Waals surface area contributed by atoms with E-state index in [1.165, 1.54) is 4.43 Å². The molecule has 3 rings (SSSR count). The van der Waals surface area contributed by atoms with Crippen molar-refractivity contribution in [3.8, 4) is 5.75 Å². The van der Waals surface area contributed by atoms with E-state index in [1.54, 1.807) is 18.2 Å². The number of benzene rings is 1. The first-order valence-electron chi connectivity index (χ1n) is 10.2. The molecule has 2 atom stereocenters. The van der Waals surface area contributed by atoms with E-state index >= 15 is 0 Å². The molecule has 2 fully saturated rings. The fourth-order valence-electron chi connectivity index (χ4n) is 4.61. The maximum absolute atomic E-state index is 13.4. The summed E-state index contributed by atoms with van der Waals surface area (Å²) in [6, 6.07) is 6.92. The van der Waals surface area contributed by atoms with Crippen LogP contribution in [-0.4, -0.2) is 47.5 Å². The predicted molar refractivity (Wildman–Crippen MR) is 131 cm³/mol. The maximum atomic E-state index is 13.4. The molecule has 0 radical (unpaired) electrons. The molecule has 2 aliphatic rings. The average molecular weight is 634 g/mol. The molecule has 1 aliphatic carbocycles. The zero-order valence-corrected chi connectivity index (χ0v) is 21.4. The van der Waals surface area contributed by atoms with Crippen LogP contribution in [0.3, 0.4) is 0 Å². The van der Waals surface area contributed by atoms with Crippen molar-refractivity contribution in [1.82, 2.24) is 4.90 Å². The molecule has 164 valence electrons. The molecule has 0 aromatic heterocycles. The van der Waals surface area contributed by atoms with E-state index in [-0.39, 0.29) is 11.7 Å². The van der Waals surface area contributed by atoms with Crippen molar-refractivity contribution >= 4 is 42.4 Å². The van der Waals surface area contributed by atoms with Gasteiger partial charge in [-0.2, -0.15) is 0 Å². The molecular weight excluding hydrogens is 604 g/mol. The van der Waals surface area contributed by atoms with Crippen molar-refractivity contribution in [2.45, 2.75) is 58.5 Å². The van der Waals surface area contributed by atoms with Gasteiger partial charge in [-0.1, -0.05) is 0 Å². The summed E-state index contributed by atoms with van der Waals surface area (Å²) in [6.45, 7) is 5.23. The molecule has 0 N–H and O–H groups in total. The number of nitrogens with zero attached hydrogens (tertiary/aromatic N) is 2. The van der Waals surface area contributed by atoms with Gasteiger partial charge in [-0.3, -0.25) is 0 Å². The van der Waals surface area contributed by atoms with Gasteiger partial charge >= 0.3 is 194 Å². The minimum atomic E-state index is -3.26. The Hall–Kier alpha value is -0.100. The van der Waals surface area contributed by atoms with Crippen molar-refractivity contribution in [3.63, 3.8) is 0 Å². The van der Waals surface area contributed by atoms with Gasteiger partial charge in [0.1, 0.15) is 0 Å². The third-order valence-electron chi connectivity index (χ3n) is 6.33. The molecule has 1 heterocycles. The van der Waals surface area contributed by atoms with Crippen LogP contribution in [-0.2, 0) is 0 Å². The molecule has 1 aromatic rings. The first-order chi connectivity index (χ1) is 13.7. The van der Waals surface area contributed by atoms with Crippen LogP contribution in [0.5, 0.6) is 5.75 Å². The standard InChI is InChI=1S/C21H30F2I2N2O2/c1-16-14-27(12-11-25(16)2)15-19(20(26-28)9-4-3-5-10-20)17-7-6-8-18(13-17)29-21(22,23)24/h6-8,13,16,19H,3-5,9-12,14-15H2,1-2H3/t16-,19+/m0/s1. The van der Waals surface area contributed by atoms with Crippen molar-refractivity contribution in [2.75, 3.05) is 29.0 Å². The van der Waals surface area contributed by atoms with Crippen LogP contribution in [0, 0.1) is 4.91 Å². The van der Waals surface area contributed by atoms with E-state index in [9.17, 15) is 13.7 Å². The summed E-state index contributed by atoms with van der Waals surface area (Å²) in [5, 5.41) is 3.70. The van der Waals surface area contributed by atoms with Gasteiger partial charge in [-0.05, 0) is 0 Å². The quantitative estimate of drug-likeness (QED) is 0.197. The van der Waals surface area contributed by atoms with Gasteiger partial charge in [0.2, 0.25) is 0 Å². The molecule has 1 saturated heterocycles. The van der Waals surface area contributed by atoms with Crippen LogP contribution in [0.1, 0.15) is 50.5 Å². The Morgan fingerprint density at radius 3 is 2.72 bits per heavy atom. The van der Waals surface area contributed by atoms with E-state index in [2.05, 4.69) is 21.9 Å². The topological polar surface area (TPSA) is 41.9 Å². The van der Waals surface area contributed by atoms with E-state index in [0.717, 1.165) is 83.8 Å². The molecule has 1 saturated carbocycles. The number of hydrogen-bond donors (Lipinski definition) is 0. The number of halogens is 4. The van der Waals surface area contributed by atoms with Crippen LogP contribution in [0.4, 0.5) is 8.78 Å². The molecule has 0 bridgehead atoms. The average Bonchev–Trinajstić information content (AvgIpc) is 2.68. The Morgan fingerprint density at radius 1 is 1.38 bits per heavy atom. The Kier molecular flexibility index (Phi) is 8.14. The SMILES string of the molecule is C[C@H]1CN(C[C@H](c2cccc(OC(F)(F)I)c2)C2(N=O)CCCCC2)CCI1C. The van der Waals surface area contributed by atoms with Crippen LogP contribution >= 0.6 is 42.4 Å². The number of rotatable bonds is 7. The van der Waals surface area contributed by atoms with Crippen molar-refractivity contribution < 1.29 is 13.5 Å². The summed E-state index contributed by atoms with van der Waals surface area (Å²) in [7, 11) is 0. The van der Waals surface area contributed by atoms with Crippen LogP contribution in [0.2, 0.25) is 0 Å². The fourth-order valence-corrected chi connectivity index (χ4v) is 8.60. The third kappa shape index (κ3) is 6.21. The Balaban J connectivity index is 1.90. The minimum absolute atomic E-state index is 0.101. The molecule has 0 unspecified atom stereocenters. The summed E-state index contributed by atoms with van der Waals surface area (Å²) >= 11 is 0.140. The normalized spacial score (nSPS) is 25.4. The molecule has 0 amide bonds. The van der Waals surface area contributed by atoms with E-state index in [0.29, 0.717) is 0 Å². The number of ether oxygens (including phenoxy) is 1. The first kappa shape index (κ1) is 23.6. The molecule has 1 aliphatic heterocycles. The van der Waals surface area contributed by atoms with E-state index < -0.39 is 29.5 Å². The second-order valence-corrected chi connectivity index (χ2v) is 16.4. The number of nitroso groups, excluding NO2 is 1. The summed E-state index contributed by atoms with van der Waals surface area (Å²) in [6.07, 6.45) is 4.64. The van der Waals surface area contributed by atoms with Gasteiger partial charge in [0.05, 0.1) is 0 Å². The molecule has 29 heavy (non-hydrogen) atoms. The molecule has 1 aromatic carbocycles. The van der Waals surface area contributed by atoms with Crippen molar-refractivity contribution in [2.24, 2.45) is 5.18 Å². The van der Waals surface area contributed by atoms with Crippen molar-refractivity contribution in [1.29, 1.82) is 0 Å². The van der Waals surface area contributed by atoms with Gasteiger partial charge in [0.15, 0.2) is 0 Å². The second-order valence-electron chi connectivity index (χ2n) is 8.30. The van der Waals surface area contributed by atoms with E-state index in [1.807, 2.05) is 6.07 Å². The predicted octanol–water partition coefficient (Wildman–Crippen LogP) is 6.44. The molecular formula is C21H30F2I2N2O2. The third-order valence-corrected chi connectivity index (χ3v) is 12.8. The van der Waals surface area contributed by atoms with Gasteiger partial charge < -0.3 is 0 Å². The van der Waals surface area contributed by atoms with Crippen LogP contribution in [0.15, 0.2) is 29.4 Å².